The summed E-state index contributed by atoms with van der Waals surface area (Å²) >= 11 is 0. The molecule has 1 saturated heterocycles. The molecule has 3 heterocycles. The number of benzene rings is 3. The van der Waals surface area contributed by atoms with E-state index in [-0.39, 0.29) is 28.3 Å². The number of ether oxygens (including phenoxy) is 2. The van der Waals surface area contributed by atoms with Gasteiger partial charge in [-0.1, -0.05) is 22.1 Å². The summed E-state index contributed by atoms with van der Waals surface area (Å²) in [6, 6.07) is 14.6. The molecule has 14 heteroatoms. The van der Waals surface area contributed by atoms with E-state index in [1.54, 1.807) is 18.2 Å². The zero-order chi connectivity index (χ0) is 30.5. The molecule has 0 atom stereocenters. The molecule has 0 aliphatic carbocycles. The Bertz CT molecular complexity index is 2110. The van der Waals surface area contributed by atoms with Crippen LogP contribution < -0.4 is 14.3 Å². The van der Waals surface area contributed by atoms with Crippen LogP contribution in [0.1, 0.15) is 24.4 Å². The van der Waals surface area contributed by atoms with Gasteiger partial charge in [0, 0.05) is 35.7 Å². The molecule has 0 spiro atoms. The molecule has 9 nitrogen and oxygen atoms in total. The number of fused-ring (bicyclic) bond motifs is 4. The summed E-state index contributed by atoms with van der Waals surface area (Å²) in [4.78, 5) is 17.3. The summed E-state index contributed by atoms with van der Waals surface area (Å²) in [6.45, 7) is -0.786. The Morgan fingerprint density at radius 3 is 2.53 bits per heavy atom. The molecular formula is C29H21F4N3O6S. The highest BCUT2D eigenvalue weighted by molar-refractivity contribution is 7.81. The van der Waals surface area contributed by atoms with E-state index in [4.69, 9.17) is 9.47 Å². The molecule has 2 aromatic heterocycles. The largest absolute Gasteiger partial charge is 0.488 e. The number of H-pyrrole nitrogens is 1. The fourth-order valence-corrected chi connectivity index (χ4v) is 5.86. The Labute approximate surface area is 241 Å². The van der Waals surface area contributed by atoms with Gasteiger partial charge in [0.15, 0.2) is 12.0 Å². The maximum absolute atomic E-state index is 14.0. The second-order valence-electron chi connectivity index (χ2n) is 10.0. The average molecular weight is 616 g/mol. The zero-order valence-electron chi connectivity index (χ0n) is 22.1. The van der Waals surface area contributed by atoms with Crippen molar-refractivity contribution in [3.63, 3.8) is 0 Å². The predicted octanol–water partition coefficient (Wildman–Crippen LogP) is 6.06. The van der Waals surface area contributed by atoms with Gasteiger partial charge in [-0.3, -0.25) is 4.79 Å². The van der Waals surface area contributed by atoms with Crippen molar-refractivity contribution < 1.29 is 39.1 Å². The number of hydrogen-bond acceptors (Lipinski definition) is 7. The number of nitrogens with zero attached hydrogens (tertiary/aromatic N) is 2. The van der Waals surface area contributed by atoms with Crippen LogP contribution in [0, 0.1) is 11.3 Å². The van der Waals surface area contributed by atoms with Gasteiger partial charge in [-0.2, -0.15) is 26.9 Å². The number of pyridine rings is 1. The standard InChI is InChI=1S/C29H21F4N3O6S/c30-29(31,32)15-41-25-13-22-24(12-21(25)17-2-1-3-19(11-17)42-43(33,38)39)36(18-6-8-40-9-7-18)28-26(27(22)37)20-5-4-16(14-34)10-23(20)35-28/h1-5,10-13,18,35H,6-9,15H2. The van der Waals surface area contributed by atoms with Crippen LogP contribution in [0.3, 0.4) is 0 Å². The topological polar surface area (TPSA) is 123 Å². The van der Waals surface area contributed by atoms with Gasteiger partial charge in [0.25, 0.3) is 0 Å². The normalized spacial score (nSPS) is 14.8. The lowest BCUT2D eigenvalue weighted by molar-refractivity contribution is -0.153. The molecule has 0 radical (unpaired) electrons. The quantitative estimate of drug-likeness (QED) is 0.182. The smallest absolute Gasteiger partial charge is 0.483 e. The molecule has 1 fully saturated rings. The molecule has 222 valence electrons. The Hall–Kier alpha value is -4.61. The van der Waals surface area contributed by atoms with Crippen LogP contribution in [0.5, 0.6) is 11.5 Å². The summed E-state index contributed by atoms with van der Waals surface area (Å²) < 4.78 is 92.2. The lowest BCUT2D eigenvalue weighted by Crippen LogP contribution is -2.23. The Balaban J connectivity index is 1.69. The van der Waals surface area contributed by atoms with Gasteiger partial charge in [-0.05, 0) is 54.8 Å². The summed E-state index contributed by atoms with van der Waals surface area (Å²) in [5.74, 6) is -0.713. The first-order valence-electron chi connectivity index (χ1n) is 13.0. The zero-order valence-corrected chi connectivity index (χ0v) is 22.9. The minimum Gasteiger partial charge on any atom is -0.483 e. The highest BCUT2D eigenvalue weighted by Gasteiger charge is 2.30. The fourth-order valence-electron chi connectivity index (χ4n) is 5.53. The highest BCUT2D eigenvalue weighted by Crippen LogP contribution is 2.40. The minimum atomic E-state index is -5.38. The third-order valence-corrected chi connectivity index (χ3v) is 7.66. The Kier molecular flexibility index (Phi) is 7.02. The molecule has 0 saturated carbocycles. The van der Waals surface area contributed by atoms with Gasteiger partial charge in [0.05, 0.1) is 27.9 Å². The number of nitriles is 1. The first-order valence-corrected chi connectivity index (χ1v) is 14.3. The number of nitrogens with one attached hydrogen (secondary N) is 1. The van der Waals surface area contributed by atoms with Crippen molar-refractivity contribution in [2.24, 2.45) is 0 Å². The van der Waals surface area contributed by atoms with E-state index in [1.165, 1.54) is 30.3 Å². The van der Waals surface area contributed by atoms with Gasteiger partial charge < -0.3 is 23.2 Å². The maximum Gasteiger partial charge on any atom is 0.488 e. The predicted molar refractivity (Wildman–Crippen MR) is 149 cm³/mol. The SMILES string of the molecule is N#Cc1ccc2c(c1)[nH]c1c2c(=O)c2cc(OCC(F)(F)F)c(-c3cccc(OS(=O)(=O)F)c3)cc2n1C1CCOCC1. The van der Waals surface area contributed by atoms with Crippen molar-refractivity contribution in [3.05, 3.63) is 70.4 Å². The Morgan fingerprint density at radius 2 is 1.84 bits per heavy atom. The maximum atomic E-state index is 14.0. The average Bonchev–Trinajstić information content (AvgIpc) is 3.34. The second-order valence-corrected chi connectivity index (χ2v) is 11.0. The lowest BCUT2D eigenvalue weighted by atomic mass is 9.99. The molecule has 1 aliphatic heterocycles. The summed E-state index contributed by atoms with van der Waals surface area (Å²) in [5, 5.41) is 10.3. The van der Waals surface area contributed by atoms with E-state index in [0.29, 0.717) is 59.1 Å². The highest BCUT2D eigenvalue weighted by atomic mass is 32.3. The second kappa shape index (κ2) is 10.6. The van der Waals surface area contributed by atoms with Gasteiger partial charge in [0.1, 0.15) is 17.1 Å². The van der Waals surface area contributed by atoms with Crippen molar-refractivity contribution >= 4 is 43.3 Å². The van der Waals surface area contributed by atoms with Crippen molar-refractivity contribution in [1.29, 1.82) is 5.26 Å². The van der Waals surface area contributed by atoms with E-state index in [9.17, 15) is 35.5 Å². The van der Waals surface area contributed by atoms with Gasteiger partial charge in [-0.25, -0.2) is 0 Å². The van der Waals surface area contributed by atoms with Gasteiger partial charge in [0.2, 0.25) is 0 Å². The van der Waals surface area contributed by atoms with Crippen LogP contribution in [-0.4, -0.2) is 44.0 Å². The van der Waals surface area contributed by atoms with Crippen LogP contribution in [0.25, 0.3) is 44.0 Å². The van der Waals surface area contributed by atoms with Crippen molar-refractivity contribution in [2.45, 2.75) is 25.1 Å². The van der Waals surface area contributed by atoms with Gasteiger partial charge >= 0.3 is 16.7 Å². The first kappa shape index (κ1) is 28.5. The molecule has 0 amide bonds. The van der Waals surface area contributed by atoms with Crippen LogP contribution in [0.15, 0.2) is 59.4 Å². The summed E-state index contributed by atoms with van der Waals surface area (Å²) in [7, 11) is -5.38. The van der Waals surface area contributed by atoms with Crippen LogP contribution >= 0.6 is 0 Å². The van der Waals surface area contributed by atoms with Crippen LogP contribution in [0.2, 0.25) is 0 Å². The number of aromatic amines is 1. The van der Waals surface area contributed by atoms with E-state index in [2.05, 4.69) is 15.2 Å². The third kappa shape index (κ3) is 5.61. The molecule has 43 heavy (non-hydrogen) atoms. The monoisotopic (exact) mass is 615 g/mol. The third-order valence-electron chi connectivity index (χ3n) is 7.27. The number of hydrogen-bond donors (Lipinski definition) is 1. The van der Waals surface area contributed by atoms with E-state index in [1.807, 2.05) is 4.57 Å². The van der Waals surface area contributed by atoms with Crippen molar-refractivity contribution in [1.82, 2.24) is 9.55 Å². The Morgan fingerprint density at radius 1 is 1.07 bits per heavy atom. The molecular weight excluding hydrogens is 594 g/mol. The first-order chi connectivity index (χ1) is 20.4. The van der Waals surface area contributed by atoms with E-state index >= 15 is 0 Å². The van der Waals surface area contributed by atoms with E-state index in [0.717, 1.165) is 6.07 Å². The number of aromatic nitrogens is 2. The molecule has 0 bridgehead atoms. The molecule has 6 rings (SSSR count). The number of alkyl halides is 3. The summed E-state index contributed by atoms with van der Waals surface area (Å²) in [5.41, 5.74) is 1.51. The lowest BCUT2D eigenvalue weighted by Gasteiger charge is -2.28. The van der Waals surface area contributed by atoms with Crippen LogP contribution in [-0.2, 0) is 15.2 Å². The fraction of sp³-hybridized carbons (Fsp3) is 0.241. The van der Waals surface area contributed by atoms with Crippen molar-refractivity contribution in [3.8, 4) is 28.7 Å². The molecule has 1 N–H and O–H groups in total. The molecule has 3 aromatic carbocycles. The number of rotatable bonds is 6. The van der Waals surface area contributed by atoms with Crippen LogP contribution in [0.4, 0.5) is 17.1 Å². The molecule has 0 unspecified atom stereocenters. The number of halogens is 4. The van der Waals surface area contributed by atoms with Crippen molar-refractivity contribution in [2.75, 3.05) is 19.8 Å². The molecule has 1 aliphatic rings. The van der Waals surface area contributed by atoms with Gasteiger partial charge in [-0.15, -0.1) is 0 Å². The minimum absolute atomic E-state index is 0.0842. The summed E-state index contributed by atoms with van der Waals surface area (Å²) in [6.07, 6.45) is -3.56. The molecule has 5 aromatic rings. The van der Waals surface area contributed by atoms with E-state index < -0.39 is 34.5 Å².